The summed E-state index contributed by atoms with van der Waals surface area (Å²) < 4.78 is 4.85. The van der Waals surface area contributed by atoms with Crippen molar-refractivity contribution >= 4 is 0 Å². The fourth-order valence-corrected chi connectivity index (χ4v) is 0.866. The van der Waals surface area contributed by atoms with Gasteiger partial charge in [0.15, 0.2) is 5.82 Å². The van der Waals surface area contributed by atoms with E-state index in [-0.39, 0.29) is 18.4 Å². The maximum atomic E-state index is 9.28. The molecule has 0 spiro atoms. The molecule has 0 aliphatic rings. The first-order valence-corrected chi connectivity index (χ1v) is 4.40. The van der Waals surface area contributed by atoms with Crippen LogP contribution in [0.1, 0.15) is 44.0 Å². The van der Waals surface area contributed by atoms with Gasteiger partial charge >= 0.3 is 0 Å². The van der Waals surface area contributed by atoms with Crippen LogP contribution in [0, 0.1) is 0 Å². The lowest BCUT2D eigenvalue weighted by molar-refractivity contribution is 0.141. The van der Waals surface area contributed by atoms with E-state index >= 15 is 0 Å². The Morgan fingerprint density at radius 1 is 1.62 bits per heavy atom. The van der Waals surface area contributed by atoms with E-state index in [0.717, 1.165) is 6.42 Å². The summed E-state index contributed by atoms with van der Waals surface area (Å²) in [4.78, 5) is 4.04. The summed E-state index contributed by atoms with van der Waals surface area (Å²) in [5.74, 6) is 1.09. The normalized spacial score (nSPS) is 15.7. The number of aliphatic hydroxyl groups is 1. The van der Waals surface area contributed by atoms with Crippen molar-refractivity contribution in [2.45, 2.75) is 32.3 Å². The zero-order chi connectivity index (χ0) is 9.84. The lowest BCUT2D eigenvalue weighted by atomic mass is 10.1. The van der Waals surface area contributed by atoms with E-state index in [2.05, 4.69) is 10.1 Å². The van der Waals surface area contributed by atoms with E-state index in [9.17, 15) is 5.11 Å². The molecule has 0 saturated heterocycles. The highest BCUT2D eigenvalue weighted by atomic mass is 16.5. The van der Waals surface area contributed by atoms with Crippen molar-refractivity contribution in [3.63, 3.8) is 0 Å². The lowest BCUT2D eigenvalue weighted by Crippen LogP contribution is -2.11. The Balaban J connectivity index is 2.74. The second-order valence-electron chi connectivity index (χ2n) is 3.05. The Hall–Kier alpha value is -0.940. The number of aromatic nitrogens is 2. The van der Waals surface area contributed by atoms with Crippen LogP contribution in [-0.4, -0.2) is 21.8 Å². The topological polar surface area (TPSA) is 85.2 Å². The Labute approximate surface area is 76.9 Å². The molecule has 1 aromatic heterocycles. The summed E-state index contributed by atoms with van der Waals surface area (Å²) in [5, 5.41) is 13.0. The third-order valence-corrected chi connectivity index (χ3v) is 2.02. The molecule has 0 radical (unpaired) electrons. The molecule has 0 aliphatic heterocycles. The molecule has 0 fully saturated rings. The van der Waals surface area contributed by atoms with Gasteiger partial charge < -0.3 is 15.4 Å². The van der Waals surface area contributed by atoms with Gasteiger partial charge in [0.05, 0.1) is 0 Å². The molecule has 0 bridgehead atoms. The number of aliphatic hydroxyl groups excluding tert-OH is 1. The molecular weight excluding hydrogens is 170 g/mol. The van der Waals surface area contributed by atoms with Gasteiger partial charge in [-0.15, -0.1) is 0 Å². The quantitative estimate of drug-likeness (QED) is 0.716. The van der Waals surface area contributed by atoms with Crippen LogP contribution < -0.4 is 5.73 Å². The first kappa shape index (κ1) is 10.1. The zero-order valence-electron chi connectivity index (χ0n) is 7.90. The zero-order valence-corrected chi connectivity index (χ0v) is 7.90. The Morgan fingerprint density at radius 2 is 2.31 bits per heavy atom. The van der Waals surface area contributed by atoms with Crippen molar-refractivity contribution in [1.82, 2.24) is 10.1 Å². The molecule has 3 N–H and O–H groups in total. The molecule has 0 aliphatic carbocycles. The van der Waals surface area contributed by atoms with Crippen molar-refractivity contribution in [3.8, 4) is 0 Å². The number of rotatable bonds is 4. The van der Waals surface area contributed by atoms with Gasteiger partial charge in [-0.25, -0.2) is 0 Å². The van der Waals surface area contributed by atoms with Gasteiger partial charge in [-0.1, -0.05) is 19.0 Å². The minimum Gasteiger partial charge on any atom is -0.382 e. The minimum atomic E-state index is -0.842. The van der Waals surface area contributed by atoms with Crippen molar-refractivity contribution in [2.75, 3.05) is 6.54 Å². The van der Waals surface area contributed by atoms with Crippen LogP contribution in [0.15, 0.2) is 4.52 Å². The Morgan fingerprint density at radius 3 is 2.85 bits per heavy atom. The van der Waals surface area contributed by atoms with Gasteiger partial charge in [-0.3, -0.25) is 0 Å². The average Bonchev–Trinajstić information content (AvgIpc) is 2.64. The predicted molar refractivity (Wildman–Crippen MR) is 47.0 cm³/mol. The molecule has 5 nitrogen and oxygen atoms in total. The van der Waals surface area contributed by atoms with E-state index in [0.29, 0.717) is 5.82 Å². The SMILES string of the molecule is CCC(C)c1noc([C@@H](O)CN)n1. The Kier molecular flexibility index (Phi) is 3.39. The maximum Gasteiger partial charge on any atom is 0.256 e. The molecule has 5 heteroatoms. The lowest BCUT2D eigenvalue weighted by Gasteiger charge is -2.00. The monoisotopic (exact) mass is 185 g/mol. The van der Waals surface area contributed by atoms with Crippen LogP contribution in [-0.2, 0) is 0 Å². The molecule has 0 amide bonds. The predicted octanol–water partition coefficient (Wildman–Crippen LogP) is 0.575. The van der Waals surface area contributed by atoms with Crippen LogP contribution in [0.25, 0.3) is 0 Å². The average molecular weight is 185 g/mol. The smallest absolute Gasteiger partial charge is 0.256 e. The summed E-state index contributed by atoms with van der Waals surface area (Å²) in [6, 6.07) is 0. The third-order valence-electron chi connectivity index (χ3n) is 2.02. The van der Waals surface area contributed by atoms with Gasteiger partial charge in [0, 0.05) is 12.5 Å². The van der Waals surface area contributed by atoms with Gasteiger partial charge in [-0.05, 0) is 6.42 Å². The summed E-state index contributed by atoms with van der Waals surface area (Å²) in [6.45, 7) is 4.14. The van der Waals surface area contributed by atoms with E-state index in [4.69, 9.17) is 10.3 Å². The highest BCUT2D eigenvalue weighted by Gasteiger charge is 2.16. The fourth-order valence-electron chi connectivity index (χ4n) is 0.866. The summed E-state index contributed by atoms with van der Waals surface area (Å²) in [6.07, 6.45) is 0.0998. The molecule has 13 heavy (non-hydrogen) atoms. The molecule has 0 saturated carbocycles. The van der Waals surface area contributed by atoms with Crippen LogP contribution in [0.5, 0.6) is 0 Å². The van der Waals surface area contributed by atoms with Crippen LogP contribution in [0.3, 0.4) is 0 Å². The second-order valence-corrected chi connectivity index (χ2v) is 3.05. The molecule has 1 heterocycles. The van der Waals surface area contributed by atoms with E-state index in [1.807, 2.05) is 13.8 Å². The van der Waals surface area contributed by atoms with Gasteiger partial charge in [-0.2, -0.15) is 4.98 Å². The third kappa shape index (κ3) is 2.26. The first-order chi connectivity index (χ1) is 6.19. The van der Waals surface area contributed by atoms with Crippen LogP contribution >= 0.6 is 0 Å². The van der Waals surface area contributed by atoms with E-state index in [1.165, 1.54) is 0 Å². The Bertz CT molecular complexity index is 237. The first-order valence-electron chi connectivity index (χ1n) is 4.40. The van der Waals surface area contributed by atoms with Crippen molar-refractivity contribution in [3.05, 3.63) is 11.7 Å². The molecular formula is C8H15N3O2. The van der Waals surface area contributed by atoms with Gasteiger partial charge in [0.1, 0.15) is 6.10 Å². The standard InChI is InChI=1S/C8H15N3O2/c1-3-5(2)7-10-8(13-11-7)6(12)4-9/h5-6,12H,3-4,9H2,1-2H3/t5?,6-/m0/s1. The second kappa shape index (κ2) is 4.34. The van der Waals surface area contributed by atoms with Crippen molar-refractivity contribution in [1.29, 1.82) is 0 Å². The summed E-state index contributed by atoms with van der Waals surface area (Å²) in [5.41, 5.74) is 5.24. The number of nitrogens with two attached hydrogens (primary N) is 1. The number of nitrogens with zero attached hydrogens (tertiary/aromatic N) is 2. The number of hydrogen-bond acceptors (Lipinski definition) is 5. The summed E-state index contributed by atoms with van der Waals surface area (Å²) >= 11 is 0. The molecule has 2 atom stereocenters. The highest BCUT2D eigenvalue weighted by Crippen LogP contribution is 2.17. The van der Waals surface area contributed by atoms with Gasteiger partial charge in [0.2, 0.25) is 0 Å². The molecule has 1 aromatic rings. The molecule has 0 aromatic carbocycles. The van der Waals surface area contributed by atoms with Crippen molar-refractivity contribution < 1.29 is 9.63 Å². The maximum absolute atomic E-state index is 9.28. The number of hydrogen-bond donors (Lipinski definition) is 2. The minimum absolute atomic E-state index is 0.0993. The van der Waals surface area contributed by atoms with E-state index in [1.54, 1.807) is 0 Å². The summed E-state index contributed by atoms with van der Waals surface area (Å²) in [7, 11) is 0. The fraction of sp³-hybridized carbons (Fsp3) is 0.750. The molecule has 1 unspecified atom stereocenters. The van der Waals surface area contributed by atoms with Crippen LogP contribution in [0.2, 0.25) is 0 Å². The van der Waals surface area contributed by atoms with Crippen LogP contribution in [0.4, 0.5) is 0 Å². The molecule has 74 valence electrons. The van der Waals surface area contributed by atoms with Gasteiger partial charge in [0.25, 0.3) is 5.89 Å². The van der Waals surface area contributed by atoms with Crippen molar-refractivity contribution in [2.24, 2.45) is 5.73 Å². The molecule has 1 rings (SSSR count). The van der Waals surface area contributed by atoms with E-state index < -0.39 is 6.10 Å². The largest absolute Gasteiger partial charge is 0.382 e. The highest BCUT2D eigenvalue weighted by molar-refractivity contribution is 4.95.